The summed E-state index contributed by atoms with van der Waals surface area (Å²) in [5, 5.41) is 8.75. The first-order valence-corrected chi connectivity index (χ1v) is 9.59. The number of likely N-dealkylation sites (tertiary alicyclic amines) is 1. The largest absolute Gasteiger partial charge is 0.348 e. The van der Waals surface area contributed by atoms with Gasteiger partial charge in [-0.05, 0) is 45.5 Å². The summed E-state index contributed by atoms with van der Waals surface area (Å²) in [6.45, 7) is 4.63. The van der Waals surface area contributed by atoms with Crippen LogP contribution in [0.1, 0.15) is 49.5 Å². The van der Waals surface area contributed by atoms with Crippen molar-refractivity contribution >= 4 is 16.7 Å². The van der Waals surface area contributed by atoms with Gasteiger partial charge in [-0.3, -0.25) is 9.59 Å². The average molecular weight is 356 g/mol. The van der Waals surface area contributed by atoms with Crippen LogP contribution in [0.2, 0.25) is 0 Å². The van der Waals surface area contributed by atoms with Crippen LogP contribution in [0.25, 0.3) is 10.8 Å². The molecule has 0 bridgehead atoms. The van der Waals surface area contributed by atoms with Crippen molar-refractivity contribution in [3.05, 3.63) is 40.3 Å². The molecule has 26 heavy (non-hydrogen) atoms. The molecule has 1 aromatic heterocycles. The third-order valence-electron chi connectivity index (χ3n) is 5.11. The molecule has 3 rings (SSSR count). The molecule has 0 atom stereocenters. The number of nitrogens with one attached hydrogen (secondary N) is 1. The molecule has 1 amide bonds. The molecule has 0 spiro atoms. The maximum Gasteiger partial charge on any atom is 0.274 e. The minimum atomic E-state index is -0.181. The molecular formula is C20H28N4O2. The Balaban J connectivity index is 1.89. The Bertz CT molecular complexity index is 822. The van der Waals surface area contributed by atoms with Crippen molar-refractivity contribution in [2.45, 2.75) is 51.6 Å². The summed E-state index contributed by atoms with van der Waals surface area (Å²) in [6.07, 6.45) is 4.88. The third-order valence-corrected chi connectivity index (χ3v) is 5.11. The Morgan fingerprint density at radius 2 is 1.88 bits per heavy atom. The number of hydrogen-bond acceptors (Lipinski definition) is 4. The lowest BCUT2D eigenvalue weighted by atomic mass is 10.0. The second kappa shape index (κ2) is 8.45. The molecule has 0 saturated carbocycles. The van der Waals surface area contributed by atoms with Gasteiger partial charge >= 0.3 is 0 Å². The molecule has 6 heteroatoms. The van der Waals surface area contributed by atoms with Crippen molar-refractivity contribution in [2.75, 3.05) is 20.1 Å². The minimum Gasteiger partial charge on any atom is -0.348 e. The summed E-state index contributed by atoms with van der Waals surface area (Å²) in [4.78, 5) is 27.9. The zero-order valence-electron chi connectivity index (χ0n) is 15.7. The number of rotatable bonds is 6. The van der Waals surface area contributed by atoms with E-state index < -0.39 is 0 Å². The topological polar surface area (TPSA) is 67.2 Å². The molecule has 0 unspecified atom stereocenters. The smallest absolute Gasteiger partial charge is 0.274 e. The lowest BCUT2D eigenvalue weighted by Gasteiger charge is -2.29. The number of amides is 1. The van der Waals surface area contributed by atoms with Gasteiger partial charge in [-0.2, -0.15) is 5.10 Å². The summed E-state index contributed by atoms with van der Waals surface area (Å²) >= 11 is 0. The van der Waals surface area contributed by atoms with Crippen molar-refractivity contribution in [3.8, 4) is 0 Å². The van der Waals surface area contributed by atoms with E-state index in [1.165, 1.54) is 4.68 Å². The fraction of sp³-hybridized carbons (Fsp3) is 0.550. The molecule has 2 aromatic rings. The van der Waals surface area contributed by atoms with Crippen LogP contribution in [0.15, 0.2) is 29.1 Å². The van der Waals surface area contributed by atoms with Crippen LogP contribution in [0.5, 0.6) is 0 Å². The van der Waals surface area contributed by atoms with Gasteiger partial charge < -0.3 is 10.2 Å². The highest BCUT2D eigenvalue weighted by Gasteiger charge is 2.22. The summed E-state index contributed by atoms with van der Waals surface area (Å²) in [7, 11) is 2.10. The molecule has 1 fully saturated rings. The second-order valence-corrected chi connectivity index (χ2v) is 7.18. The van der Waals surface area contributed by atoms with Crippen molar-refractivity contribution in [1.29, 1.82) is 0 Å². The number of carbonyl (C=O) groups excluding carboxylic acids is 1. The first kappa shape index (κ1) is 18.6. The van der Waals surface area contributed by atoms with Gasteiger partial charge in [-0.15, -0.1) is 0 Å². The first-order valence-electron chi connectivity index (χ1n) is 9.59. The van der Waals surface area contributed by atoms with Crippen molar-refractivity contribution in [2.24, 2.45) is 0 Å². The molecule has 0 aliphatic carbocycles. The highest BCUT2D eigenvalue weighted by atomic mass is 16.2. The average Bonchev–Trinajstić information content (AvgIpc) is 2.65. The standard InChI is InChI=1S/C20H28N4O2/c1-3-4-7-12-24-20(26)17-9-6-5-8-16(17)18(22-24)19(25)21-15-10-13-23(2)14-11-15/h5-6,8-9,15H,3-4,7,10-14H2,1-2H3,(H,21,25). The van der Waals surface area contributed by atoms with Crippen molar-refractivity contribution < 1.29 is 4.79 Å². The van der Waals surface area contributed by atoms with Crippen LogP contribution in [-0.4, -0.2) is 46.8 Å². The van der Waals surface area contributed by atoms with Gasteiger partial charge in [-0.1, -0.05) is 38.0 Å². The number of aromatic nitrogens is 2. The fourth-order valence-corrected chi connectivity index (χ4v) is 3.47. The third kappa shape index (κ3) is 4.12. The maximum atomic E-state index is 12.9. The molecule has 1 aliphatic rings. The second-order valence-electron chi connectivity index (χ2n) is 7.18. The van der Waals surface area contributed by atoms with E-state index in [0.717, 1.165) is 45.2 Å². The van der Waals surface area contributed by atoms with Gasteiger partial charge in [0.25, 0.3) is 11.5 Å². The normalized spacial score (nSPS) is 16.1. The van der Waals surface area contributed by atoms with Gasteiger partial charge in [-0.25, -0.2) is 4.68 Å². The Labute approximate surface area is 154 Å². The molecule has 0 radical (unpaired) electrons. The van der Waals surface area contributed by atoms with Crippen LogP contribution in [-0.2, 0) is 6.54 Å². The molecule has 1 aliphatic heterocycles. The van der Waals surface area contributed by atoms with Crippen LogP contribution < -0.4 is 10.9 Å². The number of carbonyl (C=O) groups is 1. The maximum absolute atomic E-state index is 12.9. The van der Waals surface area contributed by atoms with Gasteiger partial charge in [0, 0.05) is 18.0 Å². The van der Waals surface area contributed by atoms with E-state index >= 15 is 0 Å². The van der Waals surface area contributed by atoms with E-state index in [4.69, 9.17) is 0 Å². The Hall–Kier alpha value is -2.21. The fourth-order valence-electron chi connectivity index (χ4n) is 3.47. The van der Waals surface area contributed by atoms with E-state index in [1.807, 2.05) is 18.2 Å². The molecule has 1 aromatic carbocycles. The van der Waals surface area contributed by atoms with E-state index in [9.17, 15) is 9.59 Å². The van der Waals surface area contributed by atoms with Gasteiger partial charge in [0.05, 0.1) is 5.39 Å². The Morgan fingerprint density at radius 1 is 1.19 bits per heavy atom. The minimum absolute atomic E-state index is 0.118. The van der Waals surface area contributed by atoms with E-state index in [0.29, 0.717) is 23.0 Å². The van der Waals surface area contributed by atoms with E-state index in [1.54, 1.807) is 6.07 Å². The summed E-state index contributed by atoms with van der Waals surface area (Å²) < 4.78 is 1.46. The molecular weight excluding hydrogens is 328 g/mol. The summed E-state index contributed by atoms with van der Waals surface area (Å²) in [6, 6.07) is 7.43. The molecule has 1 N–H and O–H groups in total. The van der Waals surface area contributed by atoms with Crippen LogP contribution in [0.3, 0.4) is 0 Å². The van der Waals surface area contributed by atoms with Gasteiger partial charge in [0.15, 0.2) is 5.69 Å². The molecule has 1 saturated heterocycles. The lowest BCUT2D eigenvalue weighted by molar-refractivity contribution is 0.0911. The number of hydrogen-bond donors (Lipinski definition) is 1. The van der Waals surface area contributed by atoms with E-state index in [2.05, 4.69) is 29.3 Å². The van der Waals surface area contributed by atoms with Gasteiger partial charge in [0.2, 0.25) is 0 Å². The number of unbranched alkanes of at least 4 members (excludes halogenated alkanes) is 2. The monoisotopic (exact) mass is 356 g/mol. The summed E-state index contributed by atoms with van der Waals surface area (Å²) in [5.41, 5.74) is 0.239. The zero-order valence-corrected chi connectivity index (χ0v) is 15.7. The quantitative estimate of drug-likeness (QED) is 0.807. The Morgan fingerprint density at radius 3 is 2.58 bits per heavy atom. The Kier molecular flexibility index (Phi) is 6.04. The number of benzene rings is 1. The van der Waals surface area contributed by atoms with E-state index in [-0.39, 0.29) is 17.5 Å². The lowest BCUT2D eigenvalue weighted by Crippen LogP contribution is -2.44. The number of nitrogens with zero attached hydrogens (tertiary/aromatic N) is 3. The zero-order chi connectivity index (χ0) is 18.5. The predicted molar refractivity (Wildman–Crippen MR) is 104 cm³/mol. The van der Waals surface area contributed by atoms with Crippen LogP contribution in [0.4, 0.5) is 0 Å². The van der Waals surface area contributed by atoms with Crippen molar-refractivity contribution in [3.63, 3.8) is 0 Å². The molecule has 2 heterocycles. The highest BCUT2D eigenvalue weighted by Crippen LogP contribution is 2.15. The van der Waals surface area contributed by atoms with Gasteiger partial charge in [0.1, 0.15) is 0 Å². The van der Waals surface area contributed by atoms with Crippen LogP contribution >= 0.6 is 0 Å². The van der Waals surface area contributed by atoms with Crippen molar-refractivity contribution in [1.82, 2.24) is 20.0 Å². The SMILES string of the molecule is CCCCCn1nc(C(=O)NC2CCN(C)CC2)c2ccccc2c1=O. The molecule has 6 nitrogen and oxygen atoms in total. The number of aryl methyl sites for hydroxylation is 1. The highest BCUT2D eigenvalue weighted by molar-refractivity contribution is 6.04. The summed E-state index contributed by atoms with van der Waals surface area (Å²) in [5.74, 6) is -0.181. The number of fused-ring (bicyclic) bond motifs is 1. The predicted octanol–water partition coefficient (Wildman–Crippen LogP) is 2.41. The van der Waals surface area contributed by atoms with Crippen LogP contribution in [0, 0.1) is 0 Å². The molecule has 140 valence electrons. The number of piperidine rings is 1. The first-order chi connectivity index (χ1) is 12.6.